The molecule has 0 aliphatic carbocycles. The van der Waals surface area contributed by atoms with Crippen molar-refractivity contribution >= 4 is 46.4 Å². The standard InChI is InChI=1S/C25H32Cl2N2O2S/c1-16(2)14-28(22(30)13-25(3,4)5)15-23(31)29-10-8-21-19(9-11-32-21)24(29)18-7-6-17(26)12-20(18)27/h6-7,9,11-12,16,24H,8,10,13-15H2,1-5H3. The quantitative estimate of drug-likeness (QED) is 0.462. The van der Waals surface area contributed by atoms with Crippen LogP contribution < -0.4 is 0 Å². The van der Waals surface area contributed by atoms with Gasteiger partial charge in [0, 0.05) is 34.4 Å². The molecule has 4 nitrogen and oxygen atoms in total. The van der Waals surface area contributed by atoms with Gasteiger partial charge in [0.15, 0.2) is 0 Å². The SMILES string of the molecule is CC(C)CN(CC(=O)N1CCc2sccc2C1c1ccc(Cl)cc1Cl)C(=O)CC(C)(C)C. The second kappa shape index (κ2) is 10.1. The normalized spacial score (nSPS) is 16.2. The van der Waals surface area contributed by atoms with E-state index in [9.17, 15) is 9.59 Å². The Labute approximate surface area is 205 Å². The van der Waals surface area contributed by atoms with E-state index in [0.717, 1.165) is 17.5 Å². The minimum Gasteiger partial charge on any atom is -0.333 e. The Hall–Kier alpha value is -1.56. The fourth-order valence-electron chi connectivity index (χ4n) is 4.16. The maximum Gasteiger partial charge on any atom is 0.242 e. The van der Waals surface area contributed by atoms with Crippen molar-refractivity contribution < 1.29 is 9.59 Å². The van der Waals surface area contributed by atoms with E-state index in [1.165, 1.54) is 4.88 Å². The third-order valence-electron chi connectivity index (χ3n) is 5.49. The summed E-state index contributed by atoms with van der Waals surface area (Å²) < 4.78 is 0. The molecule has 1 aliphatic heterocycles. The lowest BCUT2D eigenvalue weighted by Gasteiger charge is -2.38. The summed E-state index contributed by atoms with van der Waals surface area (Å²) in [4.78, 5) is 31.5. The molecular weight excluding hydrogens is 463 g/mol. The van der Waals surface area contributed by atoms with Crippen LogP contribution in [0.25, 0.3) is 0 Å². The van der Waals surface area contributed by atoms with E-state index >= 15 is 0 Å². The zero-order chi connectivity index (χ0) is 23.6. The smallest absolute Gasteiger partial charge is 0.242 e. The molecule has 2 aromatic rings. The summed E-state index contributed by atoms with van der Waals surface area (Å²) in [6, 6.07) is 7.23. The summed E-state index contributed by atoms with van der Waals surface area (Å²) in [6.45, 7) is 11.5. The van der Waals surface area contributed by atoms with Crippen molar-refractivity contribution in [3.8, 4) is 0 Å². The molecule has 1 aromatic carbocycles. The average Bonchev–Trinajstić information content (AvgIpc) is 3.14. The number of rotatable bonds is 6. The molecule has 0 spiro atoms. The highest BCUT2D eigenvalue weighted by Gasteiger charge is 2.35. The average molecular weight is 496 g/mol. The molecule has 0 saturated carbocycles. The number of hydrogen-bond donors (Lipinski definition) is 0. The minimum atomic E-state index is -0.277. The van der Waals surface area contributed by atoms with E-state index in [0.29, 0.717) is 29.6 Å². The van der Waals surface area contributed by atoms with Gasteiger partial charge in [0.25, 0.3) is 0 Å². The van der Waals surface area contributed by atoms with Gasteiger partial charge in [-0.1, -0.05) is 63.9 Å². The van der Waals surface area contributed by atoms with Crippen LogP contribution in [-0.4, -0.2) is 41.2 Å². The van der Waals surface area contributed by atoms with Gasteiger partial charge in [0.05, 0.1) is 12.6 Å². The molecule has 3 rings (SSSR count). The molecule has 0 bridgehead atoms. The lowest BCUT2D eigenvalue weighted by Crippen LogP contribution is -2.48. The number of hydrogen-bond acceptors (Lipinski definition) is 3. The Morgan fingerprint density at radius 1 is 1.19 bits per heavy atom. The summed E-state index contributed by atoms with van der Waals surface area (Å²) in [5, 5.41) is 3.17. The van der Waals surface area contributed by atoms with Crippen LogP contribution in [0.5, 0.6) is 0 Å². The van der Waals surface area contributed by atoms with Crippen LogP contribution in [0, 0.1) is 11.3 Å². The molecule has 1 aliphatic rings. The van der Waals surface area contributed by atoms with Crippen molar-refractivity contribution in [3.63, 3.8) is 0 Å². The van der Waals surface area contributed by atoms with Gasteiger partial charge in [-0.3, -0.25) is 9.59 Å². The summed E-state index contributed by atoms with van der Waals surface area (Å²) in [5.41, 5.74) is 1.83. The van der Waals surface area contributed by atoms with Crippen molar-refractivity contribution in [1.82, 2.24) is 9.80 Å². The summed E-state index contributed by atoms with van der Waals surface area (Å²) in [6.07, 6.45) is 1.22. The number of carbonyl (C=O) groups is 2. The van der Waals surface area contributed by atoms with E-state index in [4.69, 9.17) is 23.2 Å². The molecule has 7 heteroatoms. The van der Waals surface area contributed by atoms with E-state index in [1.54, 1.807) is 22.3 Å². The Balaban J connectivity index is 1.91. The van der Waals surface area contributed by atoms with Crippen LogP contribution in [0.1, 0.15) is 63.1 Å². The third-order valence-corrected chi connectivity index (χ3v) is 7.05. The third kappa shape index (κ3) is 6.06. The van der Waals surface area contributed by atoms with Crippen molar-refractivity contribution in [2.24, 2.45) is 11.3 Å². The molecule has 1 atom stereocenters. The molecule has 0 radical (unpaired) electrons. The largest absolute Gasteiger partial charge is 0.333 e. The summed E-state index contributed by atoms with van der Waals surface area (Å²) >= 11 is 14.4. The van der Waals surface area contributed by atoms with Gasteiger partial charge in [0.1, 0.15) is 0 Å². The molecule has 0 saturated heterocycles. The molecule has 1 aromatic heterocycles. The zero-order valence-corrected chi connectivity index (χ0v) is 21.8. The van der Waals surface area contributed by atoms with E-state index in [2.05, 4.69) is 25.3 Å². The van der Waals surface area contributed by atoms with Crippen LogP contribution in [0.3, 0.4) is 0 Å². The van der Waals surface area contributed by atoms with Crippen molar-refractivity contribution in [2.75, 3.05) is 19.6 Å². The van der Waals surface area contributed by atoms with Gasteiger partial charge in [-0.25, -0.2) is 0 Å². The number of halogens is 2. The topological polar surface area (TPSA) is 40.6 Å². The maximum absolute atomic E-state index is 13.6. The van der Waals surface area contributed by atoms with Crippen LogP contribution in [-0.2, 0) is 16.0 Å². The molecular formula is C25H32Cl2N2O2S. The highest BCUT2D eigenvalue weighted by Crippen LogP contribution is 2.41. The maximum atomic E-state index is 13.6. The number of thiophene rings is 1. The predicted molar refractivity (Wildman–Crippen MR) is 134 cm³/mol. The Bertz CT molecular complexity index is 981. The van der Waals surface area contributed by atoms with Crippen LogP contribution >= 0.6 is 34.5 Å². The van der Waals surface area contributed by atoms with Gasteiger partial charge in [-0.2, -0.15) is 0 Å². The lowest BCUT2D eigenvalue weighted by atomic mass is 9.91. The molecule has 0 fully saturated rings. The van der Waals surface area contributed by atoms with Crippen LogP contribution in [0.4, 0.5) is 0 Å². The Kier molecular flexibility index (Phi) is 7.95. The number of carbonyl (C=O) groups excluding carboxylic acids is 2. The molecule has 1 unspecified atom stereocenters. The molecule has 2 heterocycles. The number of nitrogens with zero attached hydrogens (tertiary/aromatic N) is 2. The first kappa shape index (κ1) is 25.1. The van der Waals surface area contributed by atoms with E-state index in [1.807, 2.05) is 37.8 Å². The Morgan fingerprint density at radius 2 is 1.91 bits per heavy atom. The van der Waals surface area contributed by atoms with Gasteiger partial charge in [-0.05, 0) is 52.5 Å². The first-order valence-corrected chi connectivity index (χ1v) is 12.7. The predicted octanol–water partition coefficient (Wildman–Crippen LogP) is 6.45. The van der Waals surface area contributed by atoms with Gasteiger partial charge in [0.2, 0.25) is 11.8 Å². The second-order valence-electron chi connectivity index (χ2n) is 10.1. The highest BCUT2D eigenvalue weighted by molar-refractivity contribution is 7.10. The van der Waals surface area contributed by atoms with Gasteiger partial charge >= 0.3 is 0 Å². The first-order chi connectivity index (χ1) is 15.0. The number of benzene rings is 1. The van der Waals surface area contributed by atoms with Gasteiger partial charge in [-0.15, -0.1) is 11.3 Å². The van der Waals surface area contributed by atoms with Crippen LogP contribution in [0.2, 0.25) is 10.0 Å². The minimum absolute atomic E-state index is 0.0221. The monoisotopic (exact) mass is 494 g/mol. The summed E-state index contributed by atoms with van der Waals surface area (Å²) in [5.74, 6) is 0.243. The highest BCUT2D eigenvalue weighted by atomic mass is 35.5. The fraction of sp³-hybridized carbons (Fsp3) is 0.520. The van der Waals surface area contributed by atoms with E-state index < -0.39 is 0 Å². The molecule has 32 heavy (non-hydrogen) atoms. The second-order valence-corrected chi connectivity index (χ2v) is 12.0. The summed E-state index contributed by atoms with van der Waals surface area (Å²) in [7, 11) is 0. The van der Waals surface area contributed by atoms with Crippen molar-refractivity contribution in [3.05, 3.63) is 55.7 Å². The van der Waals surface area contributed by atoms with Gasteiger partial charge < -0.3 is 9.80 Å². The van der Waals surface area contributed by atoms with Crippen LogP contribution in [0.15, 0.2) is 29.6 Å². The Morgan fingerprint density at radius 3 is 2.53 bits per heavy atom. The van der Waals surface area contributed by atoms with E-state index in [-0.39, 0.29) is 35.7 Å². The lowest BCUT2D eigenvalue weighted by molar-refractivity contribution is -0.143. The number of fused-ring (bicyclic) bond motifs is 1. The van der Waals surface area contributed by atoms with Crippen molar-refractivity contribution in [1.29, 1.82) is 0 Å². The first-order valence-electron chi connectivity index (χ1n) is 11.0. The van der Waals surface area contributed by atoms with Crippen molar-refractivity contribution in [2.45, 2.75) is 53.5 Å². The number of amides is 2. The zero-order valence-electron chi connectivity index (χ0n) is 19.5. The molecule has 0 N–H and O–H groups in total. The fourth-order valence-corrected chi connectivity index (χ4v) is 5.57. The molecule has 2 amide bonds. The molecule has 174 valence electrons.